The van der Waals surface area contributed by atoms with Crippen LogP contribution in [-0.4, -0.2) is 23.3 Å². The maximum Gasteiger partial charge on any atom is 0.333 e. The fraction of sp³-hybridized carbons (Fsp3) is 0.417. The third kappa shape index (κ3) is 4.54. The summed E-state index contributed by atoms with van der Waals surface area (Å²) in [6, 6.07) is 4.98. The molecule has 0 fully saturated rings. The van der Waals surface area contributed by atoms with E-state index in [9.17, 15) is 4.79 Å². The lowest BCUT2D eigenvalue weighted by molar-refractivity contribution is -0.153. The van der Waals surface area contributed by atoms with Crippen LogP contribution in [0.5, 0.6) is 0 Å². The van der Waals surface area contributed by atoms with Gasteiger partial charge in [-0.2, -0.15) is 0 Å². The van der Waals surface area contributed by atoms with Gasteiger partial charge in [0, 0.05) is 16.5 Å². The number of halogens is 2. The lowest BCUT2D eigenvalue weighted by atomic mass is 10.1. The first-order valence-electron chi connectivity index (χ1n) is 5.22. The van der Waals surface area contributed by atoms with Gasteiger partial charge in [0.05, 0.1) is 6.10 Å². The molecule has 0 aliphatic rings. The summed E-state index contributed by atoms with van der Waals surface area (Å²) in [6.07, 6.45) is -0.820. The minimum absolute atomic E-state index is 0.151. The maximum atomic E-state index is 11.0. The molecule has 0 saturated carbocycles. The van der Waals surface area contributed by atoms with E-state index in [1.807, 2.05) is 0 Å². The molecule has 94 valence electrons. The Morgan fingerprint density at radius 1 is 1.41 bits per heavy atom. The van der Waals surface area contributed by atoms with Crippen LogP contribution in [-0.2, 0) is 16.0 Å². The van der Waals surface area contributed by atoms with E-state index in [1.54, 1.807) is 32.0 Å². The largest absolute Gasteiger partial charge is 0.479 e. The third-order valence-corrected chi connectivity index (χ3v) is 2.72. The Morgan fingerprint density at radius 3 is 2.53 bits per heavy atom. The van der Waals surface area contributed by atoms with Gasteiger partial charge in [0.2, 0.25) is 0 Å². The molecule has 1 atom stereocenters. The number of rotatable bonds is 5. The molecule has 1 N–H and O–H groups in total. The zero-order valence-electron chi connectivity index (χ0n) is 9.61. The molecule has 0 radical (unpaired) electrons. The van der Waals surface area contributed by atoms with Gasteiger partial charge in [-0.15, -0.1) is 0 Å². The monoisotopic (exact) mass is 276 g/mol. The first-order chi connectivity index (χ1) is 7.90. The molecular weight excluding hydrogens is 263 g/mol. The minimum atomic E-state index is -0.996. The van der Waals surface area contributed by atoms with Crippen LogP contribution in [0.25, 0.3) is 0 Å². The van der Waals surface area contributed by atoms with E-state index < -0.39 is 12.1 Å². The highest BCUT2D eigenvalue weighted by Gasteiger charge is 2.21. The average molecular weight is 277 g/mol. The number of benzene rings is 1. The number of carboxylic acid groups (broad SMARTS) is 1. The Kier molecular flexibility index (Phi) is 5.25. The zero-order chi connectivity index (χ0) is 13.0. The molecule has 0 amide bonds. The summed E-state index contributed by atoms with van der Waals surface area (Å²) in [4.78, 5) is 11.0. The van der Waals surface area contributed by atoms with Crippen LogP contribution in [0.3, 0.4) is 0 Å². The van der Waals surface area contributed by atoms with E-state index in [0.717, 1.165) is 0 Å². The van der Waals surface area contributed by atoms with E-state index >= 15 is 0 Å². The van der Waals surface area contributed by atoms with Crippen molar-refractivity contribution in [2.24, 2.45) is 0 Å². The van der Waals surface area contributed by atoms with Crippen LogP contribution < -0.4 is 0 Å². The first-order valence-corrected chi connectivity index (χ1v) is 5.98. The number of ether oxygens (including phenoxy) is 1. The van der Waals surface area contributed by atoms with E-state index in [1.165, 1.54) is 0 Å². The number of carbonyl (C=O) groups is 1. The molecule has 3 nitrogen and oxygen atoms in total. The Hall–Kier alpha value is -0.770. The summed E-state index contributed by atoms with van der Waals surface area (Å²) < 4.78 is 5.31. The lowest BCUT2D eigenvalue weighted by Gasteiger charge is -2.17. The van der Waals surface area contributed by atoms with Gasteiger partial charge >= 0.3 is 5.97 Å². The maximum absolute atomic E-state index is 11.0. The first kappa shape index (κ1) is 14.3. The van der Waals surface area contributed by atoms with Gasteiger partial charge in [-0.25, -0.2) is 4.79 Å². The van der Waals surface area contributed by atoms with Gasteiger partial charge in [0.15, 0.2) is 6.10 Å². The summed E-state index contributed by atoms with van der Waals surface area (Å²) >= 11 is 11.8. The molecule has 0 aliphatic carbocycles. The summed E-state index contributed by atoms with van der Waals surface area (Å²) in [7, 11) is 0. The van der Waals surface area contributed by atoms with E-state index in [4.69, 9.17) is 33.0 Å². The summed E-state index contributed by atoms with van der Waals surface area (Å²) in [5.74, 6) is -0.996. The molecule has 0 aliphatic heterocycles. The van der Waals surface area contributed by atoms with Crippen molar-refractivity contribution in [3.8, 4) is 0 Å². The van der Waals surface area contributed by atoms with Crippen molar-refractivity contribution in [1.29, 1.82) is 0 Å². The second-order valence-electron chi connectivity index (χ2n) is 3.95. The van der Waals surface area contributed by atoms with Crippen LogP contribution in [0.4, 0.5) is 0 Å². The molecule has 0 spiro atoms. The topological polar surface area (TPSA) is 46.5 Å². The fourth-order valence-electron chi connectivity index (χ4n) is 1.41. The Morgan fingerprint density at radius 2 is 2.06 bits per heavy atom. The quantitative estimate of drug-likeness (QED) is 0.897. The van der Waals surface area contributed by atoms with Gasteiger partial charge in [-0.1, -0.05) is 29.3 Å². The number of aliphatic carboxylic acids is 1. The minimum Gasteiger partial charge on any atom is -0.479 e. The third-order valence-electron chi connectivity index (χ3n) is 2.13. The van der Waals surface area contributed by atoms with Crippen molar-refractivity contribution in [2.45, 2.75) is 32.5 Å². The SMILES string of the molecule is CC(C)O[C@H](Cc1ccc(Cl)cc1Cl)C(=O)O. The Balaban J connectivity index is 2.82. The Bertz CT molecular complexity index is 405. The second-order valence-corrected chi connectivity index (χ2v) is 4.80. The smallest absolute Gasteiger partial charge is 0.333 e. The van der Waals surface area contributed by atoms with Gasteiger partial charge in [0.1, 0.15) is 0 Å². The molecule has 1 rings (SSSR count). The number of hydrogen-bond acceptors (Lipinski definition) is 2. The predicted octanol–water partition coefficient (Wildman–Crippen LogP) is 3.41. The summed E-state index contributed by atoms with van der Waals surface area (Å²) in [5, 5.41) is 10.0. The highest BCUT2D eigenvalue weighted by Crippen LogP contribution is 2.23. The standard InChI is InChI=1S/C12H14Cl2O3/c1-7(2)17-11(12(15)16)5-8-3-4-9(13)6-10(8)14/h3-4,6-7,11H,5H2,1-2H3,(H,15,16)/t11-/m1/s1. The highest BCUT2D eigenvalue weighted by atomic mass is 35.5. The zero-order valence-corrected chi connectivity index (χ0v) is 11.1. The van der Waals surface area contributed by atoms with Crippen LogP contribution in [0.15, 0.2) is 18.2 Å². The normalized spacial score (nSPS) is 12.8. The van der Waals surface area contributed by atoms with E-state index in [0.29, 0.717) is 15.6 Å². The van der Waals surface area contributed by atoms with Crippen molar-refractivity contribution in [2.75, 3.05) is 0 Å². The van der Waals surface area contributed by atoms with E-state index in [-0.39, 0.29) is 12.5 Å². The molecule has 0 unspecified atom stereocenters. The van der Waals surface area contributed by atoms with Gasteiger partial charge in [0.25, 0.3) is 0 Å². The van der Waals surface area contributed by atoms with Gasteiger partial charge < -0.3 is 9.84 Å². The molecule has 1 aromatic rings. The lowest BCUT2D eigenvalue weighted by Crippen LogP contribution is -2.29. The van der Waals surface area contributed by atoms with Crippen molar-refractivity contribution >= 4 is 29.2 Å². The number of carboxylic acids is 1. The van der Waals surface area contributed by atoms with Gasteiger partial charge in [-0.3, -0.25) is 0 Å². The van der Waals surface area contributed by atoms with Crippen molar-refractivity contribution in [3.05, 3.63) is 33.8 Å². The van der Waals surface area contributed by atoms with Crippen LogP contribution >= 0.6 is 23.2 Å². The predicted molar refractivity (Wildman–Crippen MR) is 67.8 cm³/mol. The van der Waals surface area contributed by atoms with Crippen LogP contribution in [0.2, 0.25) is 10.0 Å². The highest BCUT2D eigenvalue weighted by molar-refractivity contribution is 6.35. The molecule has 1 aromatic carbocycles. The van der Waals surface area contributed by atoms with Crippen molar-refractivity contribution in [1.82, 2.24) is 0 Å². The van der Waals surface area contributed by atoms with Crippen molar-refractivity contribution in [3.63, 3.8) is 0 Å². The van der Waals surface area contributed by atoms with Gasteiger partial charge in [-0.05, 0) is 31.5 Å². The molecule has 0 heterocycles. The molecule has 0 bridgehead atoms. The molecule has 0 saturated heterocycles. The molecular formula is C12H14Cl2O3. The molecule has 0 aromatic heterocycles. The van der Waals surface area contributed by atoms with Crippen LogP contribution in [0.1, 0.15) is 19.4 Å². The van der Waals surface area contributed by atoms with Crippen molar-refractivity contribution < 1.29 is 14.6 Å². The summed E-state index contributed by atoms with van der Waals surface area (Å²) in [6.45, 7) is 3.58. The second kappa shape index (κ2) is 6.24. The Labute approximate surface area is 110 Å². The number of hydrogen-bond donors (Lipinski definition) is 1. The average Bonchev–Trinajstić information content (AvgIpc) is 2.19. The molecule has 17 heavy (non-hydrogen) atoms. The van der Waals surface area contributed by atoms with Crippen LogP contribution in [0, 0.1) is 0 Å². The van der Waals surface area contributed by atoms with E-state index in [2.05, 4.69) is 0 Å². The summed E-state index contributed by atoms with van der Waals surface area (Å²) in [5.41, 5.74) is 0.712. The molecule has 5 heteroatoms. The fourth-order valence-corrected chi connectivity index (χ4v) is 1.89.